The number of halogens is 3. The lowest BCUT2D eigenvalue weighted by molar-refractivity contribution is 0.0431. The molecule has 0 aliphatic rings. The summed E-state index contributed by atoms with van der Waals surface area (Å²) in [4.78, 5) is 25.9. The third-order valence-corrected chi connectivity index (χ3v) is 5.52. The fourth-order valence-electron chi connectivity index (χ4n) is 1.57. The van der Waals surface area contributed by atoms with Crippen LogP contribution in [-0.4, -0.2) is 23.4 Å². The van der Waals surface area contributed by atoms with Gasteiger partial charge in [-0.05, 0) is 92.2 Å². The van der Waals surface area contributed by atoms with Gasteiger partial charge in [-0.2, -0.15) is 4.90 Å². The smallest absolute Gasteiger partial charge is 0.424 e. The number of imide groups is 1. The molecule has 8 heteroatoms. The third kappa shape index (κ3) is 6.40. The number of hydrogen-bond acceptors (Lipinski definition) is 4. The molecule has 2 amide bonds. The number of rotatable bonds is 1. The summed E-state index contributed by atoms with van der Waals surface area (Å²) in [5.74, 6) is 0. The summed E-state index contributed by atoms with van der Waals surface area (Å²) in [6, 6.07) is 3.13. The van der Waals surface area contributed by atoms with E-state index in [1.807, 2.05) is 0 Å². The first-order valence-corrected chi connectivity index (χ1v) is 9.37. The first-order valence-electron chi connectivity index (χ1n) is 7.12. The zero-order chi connectivity index (χ0) is 18.9. The highest BCUT2D eigenvalue weighted by Crippen LogP contribution is 2.33. The first kappa shape index (κ1) is 21.5. The molecule has 0 aliphatic heterocycles. The van der Waals surface area contributed by atoms with Crippen molar-refractivity contribution >= 4 is 68.0 Å². The lowest BCUT2D eigenvalue weighted by Crippen LogP contribution is -2.43. The van der Waals surface area contributed by atoms with Gasteiger partial charge in [0.25, 0.3) is 0 Å². The van der Waals surface area contributed by atoms with Crippen LogP contribution < -0.4 is 4.90 Å². The Morgan fingerprint density at radius 2 is 1.46 bits per heavy atom. The van der Waals surface area contributed by atoms with E-state index in [-0.39, 0.29) is 5.69 Å². The van der Waals surface area contributed by atoms with Crippen LogP contribution in [0.2, 0.25) is 5.02 Å². The van der Waals surface area contributed by atoms with Crippen molar-refractivity contribution in [3.05, 3.63) is 25.2 Å². The highest BCUT2D eigenvalue weighted by atomic mass is 127. The van der Waals surface area contributed by atoms with E-state index in [2.05, 4.69) is 38.5 Å². The Kier molecular flexibility index (Phi) is 6.97. The molecule has 0 unspecified atom stereocenters. The number of ether oxygens (including phenoxy) is 2. The maximum atomic E-state index is 12.5. The monoisotopic (exact) mass is 531 g/mol. The molecule has 0 spiro atoms. The van der Waals surface area contributed by atoms with E-state index in [1.54, 1.807) is 47.6 Å². The van der Waals surface area contributed by atoms with Gasteiger partial charge in [0.15, 0.2) is 0 Å². The molecule has 0 saturated carbocycles. The quantitative estimate of drug-likeness (QED) is 0.311. The summed E-state index contributed by atoms with van der Waals surface area (Å²) in [6.07, 6.45) is -1.66. The zero-order valence-electron chi connectivity index (χ0n) is 14.4. The molecule has 24 heavy (non-hydrogen) atoms. The fourth-order valence-corrected chi connectivity index (χ4v) is 2.66. The molecule has 0 atom stereocenters. The molecule has 0 aliphatic carbocycles. The molecule has 134 valence electrons. The van der Waals surface area contributed by atoms with Gasteiger partial charge in [-0.3, -0.25) is 0 Å². The van der Waals surface area contributed by atoms with Crippen LogP contribution in [0.15, 0.2) is 16.6 Å². The summed E-state index contributed by atoms with van der Waals surface area (Å²) < 4.78 is 12.1. The minimum Gasteiger partial charge on any atom is -0.443 e. The van der Waals surface area contributed by atoms with Crippen LogP contribution in [0.3, 0.4) is 0 Å². The Labute approximate surface area is 169 Å². The van der Waals surface area contributed by atoms with Crippen molar-refractivity contribution in [2.24, 2.45) is 0 Å². The Bertz CT molecular complexity index is 601. The highest BCUT2D eigenvalue weighted by Gasteiger charge is 2.33. The first-order chi connectivity index (χ1) is 10.7. The lowest BCUT2D eigenvalue weighted by atomic mass is 10.2. The van der Waals surface area contributed by atoms with Gasteiger partial charge in [0, 0.05) is 8.04 Å². The number of hydrogen-bond donors (Lipinski definition) is 0. The minimum atomic E-state index is -0.832. The Morgan fingerprint density at radius 1 is 1.04 bits per heavy atom. The van der Waals surface area contributed by atoms with Crippen LogP contribution in [-0.2, 0) is 9.47 Å². The lowest BCUT2D eigenvalue weighted by Gasteiger charge is -2.28. The summed E-state index contributed by atoms with van der Waals surface area (Å²) >= 11 is 11.6. The normalized spacial score (nSPS) is 11.9. The van der Waals surface area contributed by atoms with E-state index < -0.39 is 23.4 Å². The van der Waals surface area contributed by atoms with Crippen molar-refractivity contribution in [3.63, 3.8) is 0 Å². The zero-order valence-corrected chi connectivity index (χ0v) is 18.9. The Hall–Kier alpha value is -0.540. The minimum absolute atomic E-state index is 0.260. The molecule has 0 heterocycles. The van der Waals surface area contributed by atoms with Gasteiger partial charge in [-0.15, -0.1) is 0 Å². The Balaban J connectivity index is 3.33. The van der Waals surface area contributed by atoms with Crippen LogP contribution in [0, 0.1) is 3.57 Å². The van der Waals surface area contributed by atoms with Crippen LogP contribution in [0.5, 0.6) is 0 Å². The predicted molar refractivity (Wildman–Crippen MR) is 107 cm³/mol. The summed E-state index contributed by atoms with van der Waals surface area (Å²) in [6.45, 7) is 10.3. The summed E-state index contributed by atoms with van der Waals surface area (Å²) in [7, 11) is 0. The number of benzene rings is 1. The van der Waals surface area contributed by atoms with E-state index in [0.717, 1.165) is 8.47 Å². The van der Waals surface area contributed by atoms with Gasteiger partial charge >= 0.3 is 12.2 Å². The molecule has 5 nitrogen and oxygen atoms in total. The summed E-state index contributed by atoms with van der Waals surface area (Å²) in [5, 5.41) is 0.400. The van der Waals surface area contributed by atoms with Crippen molar-refractivity contribution in [1.82, 2.24) is 0 Å². The molecule has 0 N–H and O–H groups in total. The number of carbonyl (C=O) groups is 2. The standard InChI is InChI=1S/C16H20BrClINO4/c1-15(2,3)23-13(21)20(14(22)24-16(4,5)6)9-7-10(17)12(19)11(18)8-9/h7-8H,1-6H3. The second-order valence-corrected chi connectivity index (χ2v) is 9.36. The predicted octanol–water partition coefficient (Wildman–Crippen LogP) is 6.38. The molecular formula is C16H20BrClINO4. The van der Waals surface area contributed by atoms with E-state index in [9.17, 15) is 9.59 Å². The largest absolute Gasteiger partial charge is 0.443 e. The van der Waals surface area contributed by atoms with Crippen molar-refractivity contribution in [2.75, 3.05) is 4.90 Å². The van der Waals surface area contributed by atoms with E-state index >= 15 is 0 Å². The van der Waals surface area contributed by atoms with Crippen molar-refractivity contribution in [2.45, 2.75) is 52.7 Å². The van der Waals surface area contributed by atoms with E-state index in [0.29, 0.717) is 9.50 Å². The van der Waals surface area contributed by atoms with Crippen LogP contribution in [0.1, 0.15) is 41.5 Å². The third-order valence-electron chi connectivity index (χ3n) is 2.38. The van der Waals surface area contributed by atoms with Gasteiger partial charge < -0.3 is 9.47 Å². The topological polar surface area (TPSA) is 55.8 Å². The highest BCUT2D eigenvalue weighted by molar-refractivity contribution is 14.1. The van der Waals surface area contributed by atoms with Crippen molar-refractivity contribution in [3.8, 4) is 0 Å². The molecule has 0 saturated heterocycles. The molecule has 0 radical (unpaired) electrons. The molecule has 1 aromatic carbocycles. The number of nitrogens with zero attached hydrogens (tertiary/aromatic N) is 1. The average molecular weight is 533 g/mol. The average Bonchev–Trinajstić information content (AvgIpc) is 2.31. The molecule has 0 fully saturated rings. The maximum absolute atomic E-state index is 12.5. The van der Waals surface area contributed by atoms with Crippen LogP contribution in [0.4, 0.5) is 15.3 Å². The second-order valence-electron chi connectivity index (χ2n) is 7.02. The van der Waals surface area contributed by atoms with Gasteiger partial charge in [0.1, 0.15) is 11.2 Å². The summed E-state index contributed by atoms with van der Waals surface area (Å²) in [5.41, 5.74) is -1.26. The molecule has 0 bridgehead atoms. The second kappa shape index (κ2) is 7.78. The van der Waals surface area contributed by atoms with Crippen molar-refractivity contribution < 1.29 is 19.1 Å². The van der Waals surface area contributed by atoms with E-state index in [4.69, 9.17) is 21.1 Å². The maximum Gasteiger partial charge on any atom is 0.424 e. The van der Waals surface area contributed by atoms with Crippen LogP contribution >= 0.6 is 50.1 Å². The number of carbonyl (C=O) groups excluding carboxylic acids is 2. The number of amides is 2. The SMILES string of the molecule is CC(C)(C)OC(=O)N(C(=O)OC(C)(C)C)c1cc(Cl)c(I)c(Br)c1. The van der Waals surface area contributed by atoms with Gasteiger partial charge in [0.2, 0.25) is 0 Å². The molecular weight excluding hydrogens is 512 g/mol. The van der Waals surface area contributed by atoms with E-state index in [1.165, 1.54) is 6.07 Å². The van der Waals surface area contributed by atoms with Crippen LogP contribution in [0.25, 0.3) is 0 Å². The van der Waals surface area contributed by atoms with Gasteiger partial charge in [-0.25, -0.2) is 9.59 Å². The molecule has 1 aromatic rings. The fraction of sp³-hybridized carbons (Fsp3) is 0.500. The van der Waals surface area contributed by atoms with Gasteiger partial charge in [-0.1, -0.05) is 11.6 Å². The Morgan fingerprint density at radius 3 is 1.79 bits per heavy atom. The van der Waals surface area contributed by atoms with Gasteiger partial charge in [0.05, 0.1) is 10.7 Å². The number of anilines is 1. The van der Waals surface area contributed by atoms with Crippen molar-refractivity contribution in [1.29, 1.82) is 0 Å². The molecule has 1 rings (SSSR count). The molecule has 0 aromatic heterocycles.